The summed E-state index contributed by atoms with van der Waals surface area (Å²) in [7, 11) is 1.69. The van der Waals surface area contributed by atoms with Crippen LogP contribution < -0.4 is 9.64 Å². The van der Waals surface area contributed by atoms with Gasteiger partial charge in [0.25, 0.3) is 11.8 Å². The molecule has 0 N–H and O–H groups in total. The highest BCUT2D eigenvalue weighted by atomic mass is 16.5. The first-order valence-corrected chi connectivity index (χ1v) is 9.03. The maximum Gasteiger partial charge on any atom is 0.264 e. The van der Waals surface area contributed by atoms with Crippen LogP contribution in [0.4, 0.5) is 5.69 Å². The lowest BCUT2D eigenvalue weighted by atomic mass is 10.1. The molecule has 8 heteroatoms. The zero-order valence-electron chi connectivity index (χ0n) is 15.2. The molecule has 2 aliphatic rings. The van der Waals surface area contributed by atoms with Crippen molar-refractivity contribution >= 4 is 17.5 Å². The molecule has 0 unspecified atom stereocenters. The van der Waals surface area contributed by atoms with Crippen LogP contribution in [0.1, 0.15) is 16.8 Å². The molecule has 2 aromatic rings. The Morgan fingerprint density at radius 1 is 1.37 bits per heavy atom. The van der Waals surface area contributed by atoms with Gasteiger partial charge in [0.05, 0.1) is 18.3 Å². The van der Waals surface area contributed by atoms with E-state index in [4.69, 9.17) is 9.47 Å². The summed E-state index contributed by atoms with van der Waals surface area (Å²) in [6, 6.07) is 7.09. The molecule has 1 aromatic carbocycles. The quantitative estimate of drug-likeness (QED) is 0.811. The molecular weight excluding hydrogens is 348 g/mol. The Labute approximate surface area is 157 Å². The van der Waals surface area contributed by atoms with E-state index >= 15 is 0 Å². The van der Waals surface area contributed by atoms with Gasteiger partial charge in [-0.15, -0.1) is 0 Å². The SMILES string of the molecule is CN1C(=O)COc2ccc(C(=O)N3CCCO[C@H](Cn4cccn4)C3)cc21. The van der Waals surface area contributed by atoms with Gasteiger partial charge in [0.1, 0.15) is 5.75 Å². The maximum atomic E-state index is 13.1. The molecule has 1 atom stereocenters. The van der Waals surface area contributed by atoms with E-state index in [1.54, 1.807) is 31.4 Å². The third kappa shape index (κ3) is 3.66. The van der Waals surface area contributed by atoms with Crippen molar-refractivity contribution in [3.8, 4) is 5.75 Å². The minimum absolute atomic E-state index is 0.0232. The molecule has 0 saturated carbocycles. The maximum absolute atomic E-state index is 13.1. The molecule has 0 bridgehead atoms. The van der Waals surface area contributed by atoms with Crippen LogP contribution in [0.2, 0.25) is 0 Å². The Kier molecular flexibility index (Phi) is 4.81. The fourth-order valence-corrected chi connectivity index (χ4v) is 3.40. The first-order chi connectivity index (χ1) is 13.1. The summed E-state index contributed by atoms with van der Waals surface area (Å²) in [4.78, 5) is 28.3. The second kappa shape index (κ2) is 7.40. The monoisotopic (exact) mass is 370 g/mol. The molecule has 3 heterocycles. The van der Waals surface area contributed by atoms with Crippen molar-refractivity contribution < 1.29 is 19.1 Å². The van der Waals surface area contributed by atoms with Gasteiger partial charge < -0.3 is 19.3 Å². The molecule has 1 fully saturated rings. The largest absolute Gasteiger partial charge is 0.482 e. The minimum atomic E-state index is -0.130. The number of carbonyl (C=O) groups excluding carboxylic acids is 2. The smallest absolute Gasteiger partial charge is 0.264 e. The highest BCUT2D eigenvalue weighted by molar-refractivity contribution is 6.01. The van der Waals surface area contributed by atoms with Gasteiger partial charge in [0, 0.05) is 44.7 Å². The highest BCUT2D eigenvalue weighted by Crippen LogP contribution is 2.32. The van der Waals surface area contributed by atoms with E-state index in [2.05, 4.69) is 5.10 Å². The molecule has 2 amide bonds. The van der Waals surface area contributed by atoms with Gasteiger partial charge in [-0.3, -0.25) is 14.3 Å². The number of anilines is 1. The second-order valence-corrected chi connectivity index (χ2v) is 6.75. The molecule has 0 spiro atoms. The Hall–Kier alpha value is -2.87. The van der Waals surface area contributed by atoms with E-state index in [9.17, 15) is 9.59 Å². The van der Waals surface area contributed by atoms with Crippen LogP contribution in [0.25, 0.3) is 0 Å². The van der Waals surface area contributed by atoms with Gasteiger partial charge in [-0.25, -0.2) is 0 Å². The minimum Gasteiger partial charge on any atom is -0.482 e. The fourth-order valence-electron chi connectivity index (χ4n) is 3.40. The number of fused-ring (bicyclic) bond motifs is 1. The van der Waals surface area contributed by atoms with Crippen molar-refractivity contribution in [1.82, 2.24) is 14.7 Å². The summed E-state index contributed by atoms with van der Waals surface area (Å²) < 4.78 is 13.1. The predicted molar refractivity (Wildman–Crippen MR) is 97.8 cm³/mol. The van der Waals surface area contributed by atoms with Gasteiger partial charge in [-0.2, -0.15) is 5.10 Å². The Morgan fingerprint density at radius 2 is 2.26 bits per heavy atom. The zero-order valence-corrected chi connectivity index (χ0v) is 15.2. The van der Waals surface area contributed by atoms with Crippen LogP contribution in [0.15, 0.2) is 36.7 Å². The van der Waals surface area contributed by atoms with Gasteiger partial charge in [0.15, 0.2) is 6.61 Å². The third-order valence-corrected chi connectivity index (χ3v) is 4.88. The van der Waals surface area contributed by atoms with Crippen LogP contribution in [0.5, 0.6) is 5.75 Å². The molecule has 1 aromatic heterocycles. The fraction of sp³-hybridized carbons (Fsp3) is 0.421. The van der Waals surface area contributed by atoms with Crippen LogP contribution >= 0.6 is 0 Å². The molecule has 8 nitrogen and oxygen atoms in total. The van der Waals surface area contributed by atoms with Gasteiger partial charge in [-0.05, 0) is 30.7 Å². The Morgan fingerprint density at radius 3 is 3.07 bits per heavy atom. The van der Waals surface area contributed by atoms with E-state index < -0.39 is 0 Å². The van der Waals surface area contributed by atoms with Crippen molar-refractivity contribution in [1.29, 1.82) is 0 Å². The number of nitrogens with zero attached hydrogens (tertiary/aromatic N) is 4. The Bertz CT molecular complexity index is 836. The number of aromatic nitrogens is 2. The number of hydrogen-bond acceptors (Lipinski definition) is 5. The normalized spacial score (nSPS) is 20.0. The van der Waals surface area contributed by atoms with Crippen molar-refractivity contribution in [2.24, 2.45) is 0 Å². The summed E-state index contributed by atoms with van der Waals surface area (Å²) in [5, 5.41) is 4.21. The van der Waals surface area contributed by atoms with Crippen molar-refractivity contribution in [3.63, 3.8) is 0 Å². The van der Waals surface area contributed by atoms with Crippen molar-refractivity contribution in [2.45, 2.75) is 19.1 Å². The molecular formula is C19H22N4O4. The predicted octanol–water partition coefficient (Wildman–Crippen LogP) is 1.17. The van der Waals surface area contributed by atoms with Crippen molar-refractivity contribution in [2.75, 3.05) is 38.3 Å². The average Bonchev–Trinajstić information content (AvgIpc) is 3.08. The number of carbonyl (C=O) groups is 2. The second-order valence-electron chi connectivity index (χ2n) is 6.75. The number of benzene rings is 1. The summed E-state index contributed by atoms with van der Waals surface area (Å²) in [6.45, 7) is 2.38. The summed E-state index contributed by atoms with van der Waals surface area (Å²) in [6.07, 6.45) is 4.29. The van der Waals surface area contributed by atoms with E-state index in [-0.39, 0.29) is 24.5 Å². The summed E-state index contributed by atoms with van der Waals surface area (Å²) in [5.41, 5.74) is 1.16. The lowest BCUT2D eigenvalue weighted by Gasteiger charge is -2.28. The standard InChI is InChI=1S/C19H22N4O4/c1-21-16-10-14(4-5-17(16)27-13-18(21)24)19(25)22-7-3-9-26-15(11-22)12-23-8-2-6-20-23/h2,4-6,8,10,15H,3,7,9,11-13H2,1H3/t15-/m0/s1. The molecule has 4 rings (SSSR count). The molecule has 1 saturated heterocycles. The molecule has 2 aliphatic heterocycles. The lowest BCUT2D eigenvalue weighted by molar-refractivity contribution is -0.120. The summed E-state index contributed by atoms with van der Waals surface area (Å²) in [5.74, 6) is 0.416. The van der Waals surface area contributed by atoms with E-state index in [1.165, 1.54) is 4.90 Å². The number of hydrogen-bond donors (Lipinski definition) is 0. The van der Waals surface area contributed by atoms with E-state index in [0.717, 1.165) is 6.42 Å². The van der Waals surface area contributed by atoms with E-state index in [1.807, 2.05) is 21.8 Å². The topological polar surface area (TPSA) is 76.9 Å². The van der Waals surface area contributed by atoms with Crippen LogP contribution in [-0.2, 0) is 16.1 Å². The third-order valence-electron chi connectivity index (χ3n) is 4.88. The van der Waals surface area contributed by atoms with Gasteiger partial charge in [0.2, 0.25) is 0 Å². The van der Waals surface area contributed by atoms with E-state index in [0.29, 0.717) is 43.2 Å². The molecule has 27 heavy (non-hydrogen) atoms. The summed E-state index contributed by atoms with van der Waals surface area (Å²) >= 11 is 0. The zero-order chi connectivity index (χ0) is 18.8. The van der Waals surface area contributed by atoms with Crippen LogP contribution in [-0.4, -0.2) is 65.9 Å². The first kappa shape index (κ1) is 17.5. The van der Waals surface area contributed by atoms with Crippen molar-refractivity contribution in [3.05, 3.63) is 42.2 Å². The molecule has 142 valence electrons. The number of rotatable bonds is 3. The van der Waals surface area contributed by atoms with Crippen LogP contribution in [0.3, 0.4) is 0 Å². The van der Waals surface area contributed by atoms with Crippen LogP contribution in [0, 0.1) is 0 Å². The number of likely N-dealkylation sites (N-methyl/N-ethyl adjacent to an activating group) is 1. The molecule has 0 aliphatic carbocycles. The number of ether oxygens (including phenoxy) is 2. The average molecular weight is 370 g/mol. The van der Waals surface area contributed by atoms with Gasteiger partial charge in [-0.1, -0.05) is 0 Å². The van der Waals surface area contributed by atoms with Gasteiger partial charge >= 0.3 is 0 Å². The molecule has 0 radical (unpaired) electrons. The highest BCUT2D eigenvalue weighted by Gasteiger charge is 2.27. The number of amides is 2. The first-order valence-electron chi connectivity index (χ1n) is 9.03. The lowest BCUT2D eigenvalue weighted by Crippen LogP contribution is -2.39. The Balaban J connectivity index is 1.52.